The Bertz CT molecular complexity index is 1370. The van der Waals surface area contributed by atoms with Gasteiger partial charge >= 0.3 is 0 Å². The van der Waals surface area contributed by atoms with Gasteiger partial charge in [0.05, 0.1) is 18.8 Å². The van der Waals surface area contributed by atoms with Gasteiger partial charge < -0.3 is 15.5 Å². The number of hydrogen-bond donors (Lipinski definition) is 3. The maximum absolute atomic E-state index is 12.5. The highest BCUT2D eigenvalue weighted by Crippen LogP contribution is 2.17. The van der Waals surface area contributed by atoms with Crippen molar-refractivity contribution in [1.82, 2.24) is 5.32 Å². The molecule has 4 nitrogen and oxygen atoms in total. The van der Waals surface area contributed by atoms with Crippen molar-refractivity contribution < 1.29 is 15.0 Å². The zero-order valence-electron chi connectivity index (χ0n) is 50.1. The van der Waals surface area contributed by atoms with Crippen LogP contribution in [-0.2, 0) is 4.79 Å². The number of unbranched alkanes of at least 4 members (excludes halogenated alkanes) is 39. The molecule has 434 valence electrons. The van der Waals surface area contributed by atoms with Crippen LogP contribution in [0, 0.1) is 0 Å². The molecule has 0 aromatic carbocycles. The molecule has 3 N–H and O–H groups in total. The molecule has 0 spiro atoms. The average Bonchev–Trinajstić information content (AvgIpc) is 3.41. The Hall–Kier alpha value is -2.69. The molecule has 0 aliphatic carbocycles. The summed E-state index contributed by atoms with van der Waals surface area (Å²) in [5.74, 6) is -0.0742. The van der Waals surface area contributed by atoms with E-state index in [9.17, 15) is 15.0 Å². The summed E-state index contributed by atoms with van der Waals surface area (Å²) in [5.41, 5.74) is 0. The molecule has 1 amide bonds. The van der Waals surface area contributed by atoms with E-state index in [4.69, 9.17) is 0 Å². The Balaban J connectivity index is 3.47. The lowest BCUT2D eigenvalue weighted by Gasteiger charge is -2.19. The molecular formula is C71H127NO3. The van der Waals surface area contributed by atoms with E-state index >= 15 is 0 Å². The van der Waals surface area contributed by atoms with Crippen LogP contribution in [0.2, 0.25) is 0 Å². The number of carbonyl (C=O) groups excluding carboxylic acids is 1. The fourth-order valence-electron chi connectivity index (χ4n) is 9.83. The number of aliphatic hydroxyl groups excluding tert-OH is 2. The molecular weight excluding hydrogens is 915 g/mol. The van der Waals surface area contributed by atoms with Crippen molar-refractivity contribution in [2.75, 3.05) is 6.61 Å². The molecule has 2 atom stereocenters. The molecule has 75 heavy (non-hydrogen) atoms. The molecule has 0 saturated carbocycles. The van der Waals surface area contributed by atoms with Crippen LogP contribution in [0.5, 0.6) is 0 Å². The third kappa shape index (κ3) is 62.0. The second kappa shape index (κ2) is 65.6. The van der Waals surface area contributed by atoms with Crippen molar-refractivity contribution in [1.29, 1.82) is 0 Å². The summed E-state index contributed by atoms with van der Waals surface area (Å²) in [6, 6.07) is -0.649. The van der Waals surface area contributed by atoms with Crippen LogP contribution in [0.1, 0.15) is 328 Å². The van der Waals surface area contributed by atoms with Gasteiger partial charge in [0.15, 0.2) is 0 Å². The Morgan fingerprint density at radius 1 is 0.333 bits per heavy atom. The normalized spacial score (nSPS) is 13.4. The molecule has 0 rings (SSSR count). The Morgan fingerprint density at radius 2 is 0.600 bits per heavy atom. The van der Waals surface area contributed by atoms with E-state index in [0.29, 0.717) is 6.42 Å². The topological polar surface area (TPSA) is 69.6 Å². The minimum Gasteiger partial charge on any atom is -0.394 e. The van der Waals surface area contributed by atoms with Crippen LogP contribution in [0.15, 0.2) is 97.2 Å². The van der Waals surface area contributed by atoms with Gasteiger partial charge in [-0.3, -0.25) is 4.79 Å². The monoisotopic (exact) mass is 1040 g/mol. The van der Waals surface area contributed by atoms with Crippen molar-refractivity contribution in [3.63, 3.8) is 0 Å². The van der Waals surface area contributed by atoms with E-state index in [-0.39, 0.29) is 12.5 Å². The van der Waals surface area contributed by atoms with Gasteiger partial charge in [-0.1, -0.05) is 329 Å². The van der Waals surface area contributed by atoms with Crippen molar-refractivity contribution in [2.45, 2.75) is 341 Å². The van der Waals surface area contributed by atoms with Gasteiger partial charge in [0.1, 0.15) is 0 Å². The number of rotatable bonds is 60. The average molecular weight is 1040 g/mol. The first-order valence-corrected chi connectivity index (χ1v) is 33.0. The van der Waals surface area contributed by atoms with E-state index in [1.807, 2.05) is 6.08 Å². The van der Waals surface area contributed by atoms with Gasteiger partial charge in [-0.05, 0) is 89.9 Å². The molecule has 0 radical (unpaired) electrons. The highest BCUT2D eigenvalue weighted by molar-refractivity contribution is 5.76. The molecule has 0 heterocycles. The molecule has 0 aromatic heterocycles. The Kier molecular flexibility index (Phi) is 63.2. The summed E-state index contributed by atoms with van der Waals surface area (Å²) < 4.78 is 0. The number of aliphatic hydroxyl groups is 2. The second-order valence-corrected chi connectivity index (χ2v) is 22.1. The number of carbonyl (C=O) groups is 1. The van der Waals surface area contributed by atoms with Crippen LogP contribution >= 0.6 is 0 Å². The first-order valence-electron chi connectivity index (χ1n) is 33.0. The predicted molar refractivity (Wildman–Crippen MR) is 336 cm³/mol. The quantitative estimate of drug-likeness (QED) is 0.0420. The fraction of sp³-hybridized carbons (Fsp3) is 0.761. The van der Waals surface area contributed by atoms with E-state index in [1.54, 1.807) is 6.08 Å². The number of nitrogens with one attached hydrogen (secondary N) is 1. The highest BCUT2D eigenvalue weighted by atomic mass is 16.3. The van der Waals surface area contributed by atoms with Gasteiger partial charge in [-0.2, -0.15) is 0 Å². The van der Waals surface area contributed by atoms with Gasteiger partial charge in [-0.25, -0.2) is 0 Å². The zero-order valence-corrected chi connectivity index (χ0v) is 50.1. The van der Waals surface area contributed by atoms with Crippen LogP contribution < -0.4 is 5.32 Å². The van der Waals surface area contributed by atoms with Crippen molar-refractivity contribution in [3.05, 3.63) is 97.2 Å². The highest BCUT2D eigenvalue weighted by Gasteiger charge is 2.18. The van der Waals surface area contributed by atoms with Crippen LogP contribution in [0.3, 0.4) is 0 Å². The Morgan fingerprint density at radius 3 is 0.933 bits per heavy atom. The van der Waals surface area contributed by atoms with E-state index in [0.717, 1.165) is 70.6 Å². The minimum atomic E-state index is -0.873. The lowest BCUT2D eigenvalue weighted by atomic mass is 10.0. The largest absolute Gasteiger partial charge is 0.394 e. The maximum atomic E-state index is 12.5. The van der Waals surface area contributed by atoms with E-state index in [1.165, 1.54) is 238 Å². The summed E-state index contributed by atoms with van der Waals surface area (Å²) in [6.07, 6.45) is 97.6. The second-order valence-electron chi connectivity index (χ2n) is 22.1. The van der Waals surface area contributed by atoms with Gasteiger partial charge in [0, 0.05) is 6.42 Å². The third-order valence-corrected chi connectivity index (χ3v) is 14.8. The SMILES string of the molecule is CC/C=C\C/C=C\C/C=C\C/C=C\C/C=C\CCCCCCCCCCCCCCCCCCCCCCCCCCCC(=O)NC(CO)C(O)/C=C/CC/C=C/CC/C=C/CCCCCCCCCCCCCC. The van der Waals surface area contributed by atoms with Crippen molar-refractivity contribution in [2.24, 2.45) is 0 Å². The molecule has 0 aromatic rings. The van der Waals surface area contributed by atoms with E-state index < -0.39 is 12.1 Å². The molecule has 0 saturated heterocycles. The number of hydrogen-bond acceptors (Lipinski definition) is 3. The number of amides is 1. The third-order valence-electron chi connectivity index (χ3n) is 14.8. The van der Waals surface area contributed by atoms with Crippen molar-refractivity contribution >= 4 is 5.91 Å². The lowest BCUT2D eigenvalue weighted by Crippen LogP contribution is -2.45. The minimum absolute atomic E-state index is 0.0742. The fourth-order valence-corrected chi connectivity index (χ4v) is 9.83. The molecule has 0 aliphatic rings. The molecule has 0 fully saturated rings. The van der Waals surface area contributed by atoms with Gasteiger partial charge in [-0.15, -0.1) is 0 Å². The summed E-state index contributed by atoms with van der Waals surface area (Å²) in [7, 11) is 0. The number of allylic oxidation sites excluding steroid dienone is 15. The van der Waals surface area contributed by atoms with Gasteiger partial charge in [0.25, 0.3) is 0 Å². The Labute approximate surface area is 468 Å². The lowest BCUT2D eigenvalue weighted by molar-refractivity contribution is -0.123. The van der Waals surface area contributed by atoms with Gasteiger partial charge in [0.2, 0.25) is 5.91 Å². The van der Waals surface area contributed by atoms with Crippen LogP contribution in [0.4, 0.5) is 0 Å². The summed E-state index contributed by atoms with van der Waals surface area (Å²) in [4.78, 5) is 12.5. The van der Waals surface area contributed by atoms with Crippen molar-refractivity contribution in [3.8, 4) is 0 Å². The van der Waals surface area contributed by atoms with E-state index in [2.05, 4.69) is 104 Å². The summed E-state index contributed by atoms with van der Waals surface area (Å²) in [5, 5.41) is 23.2. The smallest absolute Gasteiger partial charge is 0.220 e. The predicted octanol–water partition coefficient (Wildman–Crippen LogP) is 22.4. The standard InChI is InChI=1S/C71H127NO3/c1-3-5-7-9-11-13-15-17-19-21-23-25-27-28-29-30-31-32-33-34-35-36-37-38-39-40-41-42-43-44-45-47-49-51-53-55-57-59-61-63-65-67-71(75)72-69(68-73)70(74)66-64-62-60-58-56-54-52-50-48-46-26-24-22-20-18-16-14-12-10-8-6-4-2/h5,7,11,13,17,19,23,25,28-29,48,50,56,58,64,66,69-70,73-74H,3-4,6,8-10,12,14-16,18,20-22,24,26-27,30-47,49,51-55,57,59-63,65,67-68H2,1-2H3,(H,72,75)/b7-5-,13-11-,19-17-,25-23-,29-28-,50-48+,58-56+,66-64+. The van der Waals surface area contributed by atoms with Crippen LogP contribution in [0.25, 0.3) is 0 Å². The maximum Gasteiger partial charge on any atom is 0.220 e. The molecule has 2 unspecified atom stereocenters. The first kappa shape index (κ1) is 72.3. The molecule has 4 heteroatoms. The summed E-state index contributed by atoms with van der Waals surface area (Å²) in [6.45, 7) is 4.20. The first-order chi connectivity index (χ1) is 37.2. The zero-order chi connectivity index (χ0) is 54.1. The molecule has 0 aliphatic heterocycles. The molecule has 0 bridgehead atoms. The summed E-state index contributed by atoms with van der Waals surface area (Å²) >= 11 is 0. The van der Waals surface area contributed by atoms with Crippen LogP contribution in [-0.4, -0.2) is 34.9 Å².